The van der Waals surface area contributed by atoms with Crippen LogP contribution in [0.5, 0.6) is 0 Å². The minimum Gasteiger partial charge on any atom is -0.393 e. The highest BCUT2D eigenvalue weighted by molar-refractivity contribution is 6.02. The van der Waals surface area contributed by atoms with Gasteiger partial charge < -0.3 is 39.7 Å². The monoisotopic (exact) mass is 1050 g/mol. The van der Waals surface area contributed by atoms with Crippen LogP contribution in [0, 0.1) is 55.7 Å². The summed E-state index contributed by atoms with van der Waals surface area (Å²) in [6.07, 6.45) is 22.3. The number of ketones is 2. The molecule has 77 heavy (non-hydrogen) atoms. The van der Waals surface area contributed by atoms with E-state index in [9.17, 15) is 15.3 Å². The van der Waals surface area contributed by atoms with E-state index in [1.165, 1.54) is 71.0 Å². The zero-order chi connectivity index (χ0) is 53.9. The number of nitrogens with one attached hydrogen (secondary N) is 2. The predicted molar refractivity (Wildman–Crippen MR) is 302 cm³/mol. The molecule has 420 valence electrons. The summed E-state index contributed by atoms with van der Waals surface area (Å²) in [5.41, 5.74) is 7.22. The first kappa shape index (κ1) is 53.2. The van der Waals surface area contributed by atoms with E-state index in [-0.39, 0.29) is 29.1 Å². The number of aliphatic hydroxyl groups excluding tert-OH is 3. The standard InChI is InChI=1S/C67H95N3O7/c1-60(2)58(77-60)50(73)33-61(3)22-16-43-36-69-54-46(30-40-28-44(41-14-10-9-11-15-41)31-45(29-40)42-18-26-76-27-19-42)37-70(55(43)54)38-48-52-53(61)49(72)34-63(52,5)64(6)39-66(20-12-13-21-66)59-62(4,24-25-68-8)51(74)35-67(23-17-47(71)32-67)65(59,7)57(64)56(48)75/h28-29,31,36-37,41-42,47-48,50,56-59,68-69,71,73,75H,9-27,30,32-35,38-39H2,1-8H3. The molecule has 7 aliphatic carbocycles. The molecule has 10 heteroatoms. The van der Waals surface area contributed by atoms with Gasteiger partial charge in [0.1, 0.15) is 11.9 Å². The first-order valence-corrected chi connectivity index (χ1v) is 31.2. The molecule has 0 bridgehead atoms. The van der Waals surface area contributed by atoms with Crippen molar-refractivity contribution in [2.75, 3.05) is 26.8 Å². The summed E-state index contributed by atoms with van der Waals surface area (Å²) >= 11 is 0. The zero-order valence-electron chi connectivity index (χ0n) is 48.4. The van der Waals surface area contributed by atoms with Crippen LogP contribution in [-0.4, -0.2) is 93.3 Å². The van der Waals surface area contributed by atoms with E-state index in [0.29, 0.717) is 62.7 Å². The van der Waals surface area contributed by atoms with Crippen LogP contribution in [0.15, 0.2) is 41.7 Å². The van der Waals surface area contributed by atoms with Gasteiger partial charge in [-0.3, -0.25) is 9.59 Å². The highest BCUT2D eigenvalue weighted by Crippen LogP contribution is 2.84. The number of aromatic amines is 1. The fraction of sp³-hybridized carbons (Fsp3) is 0.761. The van der Waals surface area contributed by atoms with Crippen molar-refractivity contribution < 1.29 is 34.4 Å². The number of nitrogens with zero attached hydrogens (tertiary/aromatic N) is 1. The highest BCUT2D eigenvalue weighted by atomic mass is 16.6. The van der Waals surface area contributed by atoms with E-state index in [4.69, 9.17) is 9.47 Å². The Hall–Kier alpha value is -3.12. The molecule has 5 heterocycles. The predicted octanol–water partition coefficient (Wildman–Crippen LogP) is 12.0. The summed E-state index contributed by atoms with van der Waals surface area (Å²) in [5, 5.41) is 42.2. The Labute approximate surface area is 460 Å². The number of benzene rings is 1. The SMILES string of the molecule is CNCCC1(C)C(=O)CC2(CCC(O)C2)C2(C)C1C1(CCCC1)CC1(C)C2C(O)C2Cn3cc(Cc4cc(C5CCCCC5)cc(C5CCOCC5)c4)c4[nH]cc(c43)CCC(C)(CC(O)C3OC3(C)C)C3=C2C1(C)CC3=O. The first-order valence-electron chi connectivity index (χ1n) is 31.2. The van der Waals surface area contributed by atoms with Gasteiger partial charge in [0.25, 0.3) is 0 Å². The lowest BCUT2D eigenvalue weighted by Gasteiger charge is -2.78. The van der Waals surface area contributed by atoms with Gasteiger partial charge in [0.05, 0.1) is 34.9 Å². The fourth-order valence-electron chi connectivity index (χ4n) is 22.0. The first-order chi connectivity index (χ1) is 36.6. The Balaban J connectivity index is 1.000. The van der Waals surface area contributed by atoms with E-state index in [1.54, 1.807) is 0 Å². The number of H-pyrrole nitrogens is 1. The fourth-order valence-corrected chi connectivity index (χ4v) is 22.0. The quantitative estimate of drug-likeness (QED) is 0.126. The van der Waals surface area contributed by atoms with Crippen LogP contribution in [0.1, 0.15) is 217 Å². The summed E-state index contributed by atoms with van der Waals surface area (Å²) in [7, 11) is 2.01. The number of fused-ring (bicyclic) bond motifs is 6. The lowest BCUT2D eigenvalue weighted by atomic mass is 9.26. The van der Waals surface area contributed by atoms with Crippen molar-refractivity contribution in [1.82, 2.24) is 14.9 Å². The number of Topliss-reactive ketones (excluding diaryl/α,β-unsaturated/α-hetero) is 2. The number of aryl methyl sites for hydroxylation is 1. The van der Waals surface area contributed by atoms with Gasteiger partial charge in [-0.25, -0.2) is 0 Å². The molecular weight excluding hydrogens is 959 g/mol. The van der Waals surface area contributed by atoms with E-state index in [2.05, 4.69) is 93.9 Å². The molecule has 10 aliphatic rings. The summed E-state index contributed by atoms with van der Waals surface area (Å²) in [4.78, 5) is 35.3. The number of aromatic nitrogens is 2. The second-order valence-corrected chi connectivity index (χ2v) is 29.9. The van der Waals surface area contributed by atoms with Crippen LogP contribution in [0.2, 0.25) is 0 Å². The normalized spacial score (nSPS) is 41.1. The molecule has 5 N–H and O–H groups in total. The van der Waals surface area contributed by atoms with Crippen LogP contribution in [0.3, 0.4) is 0 Å². The number of epoxide rings is 1. The van der Waals surface area contributed by atoms with Gasteiger partial charge >= 0.3 is 0 Å². The molecular formula is C67H95N3O7. The second kappa shape index (κ2) is 18.4. The van der Waals surface area contributed by atoms with Crippen LogP contribution in [0.4, 0.5) is 0 Å². The number of ether oxygens (including phenoxy) is 2. The van der Waals surface area contributed by atoms with Crippen molar-refractivity contribution in [2.24, 2.45) is 55.7 Å². The van der Waals surface area contributed by atoms with E-state index < -0.39 is 62.3 Å². The van der Waals surface area contributed by atoms with Crippen molar-refractivity contribution >= 4 is 22.6 Å². The molecule has 13 rings (SSSR count). The van der Waals surface area contributed by atoms with Gasteiger partial charge in [-0.05, 0) is 201 Å². The van der Waals surface area contributed by atoms with Crippen LogP contribution >= 0.6 is 0 Å². The second-order valence-electron chi connectivity index (χ2n) is 29.9. The number of aliphatic hydroxyl groups is 3. The van der Waals surface area contributed by atoms with Gasteiger partial charge in [-0.2, -0.15) is 0 Å². The summed E-state index contributed by atoms with van der Waals surface area (Å²) in [6.45, 7) is 19.1. The Bertz CT molecular complexity index is 2820. The lowest BCUT2D eigenvalue weighted by molar-refractivity contribution is -0.300. The number of carbonyl (C=O) groups excluding carboxylic acids is 2. The highest BCUT2D eigenvalue weighted by Gasteiger charge is 2.81. The molecule has 13 atom stereocenters. The van der Waals surface area contributed by atoms with Crippen LogP contribution in [0.25, 0.3) is 11.0 Å². The third-order valence-electron chi connectivity index (χ3n) is 25.4. The maximum absolute atomic E-state index is 16.0. The molecule has 8 fully saturated rings. The van der Waals surface area contributed by atoms with Crippen molar-refractivity contribution in [1.29, 1.82) is 0 Å². The third kappa shape index (κ3) is 7.78. The zero-order valence-corrected chi connectivity index (χ0v) is 48.4. The number of allylic oxidation sites excluding steroid dienone is 1. The number of rotatable bonds is 10. The molecule has 13 unspecified atom stereocenters. The molecule has 2 aromatic heterocycles. The van der Waals surface area contributed by atoms with Gasteiger partial charge in [-0.15, -0.1) is 0 Å². The van der Waals surface area contributed by atoms with E-state index >= 15 is 9.59 Å². The summed E-state index contributed by atoms with van der Waals surface area (Å²) in [5.74, 6) is 1.02. The maximum atomic E-state index is 16.0. The molecule has 1 aromatic carbocycles. The number of hydrogen-bond acceptors (Lipinski definition) is 8. The van der Waals surface area contributed by atoms with Crippen LogP contribution < -0.4 is 5.32 Å². The minimum absolute atomic E-state index is 0.0155. The topological polar surface area (TPSA) is 149 Å². The summed E-state index contributed by atoms with van der Waals surface area (Å²) < 4.78 is 14.6. The lowest BCUT2D eigenvalue weighted by Crippen LogP contribution is -2.76. The third-order valence-corrected chi connectivity index (χ3v) is 25.4. The maximum Gasteiger partial charge on any atom is 0.160 e. The number of hydrogen-bond donors (Lipinski definition) is 5. The van der Waals surface area contributed by atoms with Crippen molar-refractivity contribution in [3.05, 3.63) is 69.6 Å². The average molecular weight is 1050 g/mol. The van der Waals surface area contributed by atoms with E-state index in [1.807, 2.05) is 7.05 Å². The molecule has 10 nitrogen and oxygen atoms in total. The smallest absolute Gasteiger partial charge is 0.160 e. The molecule has 3 aliphatic heterocycles. The Morgan fingerprint density at radius 2 is 1.56 bits per heavy atom. The number of carbonyl (C=O) groups is 2. The van der Waals surface area contributed by atoms with Crippen molar-refractivity contribution in [3.8, 4) is 0 Å². The summed E-state index contributed by atoms with van der Waals surface area (Å²) in [6, 6.07) is 7.60. The Morgan fingerprint density at radius 3 is 2.22 bits per heavy atom. The van der Waals surface area contributed by atoms with E-state index in [0.717, 1.165) is 102 Å². The Kier molecular flexibility index (Phi) is 12.7. The van der Waals surface area contributed by atoms with Crippen LogP contribution in [-0.2, 0) is 38.4 Å². The van der Waals surface area contributed by atoms with Gasteiger partial charge in [0, 0.05) is 73.7 Å². The van der Waals surface area contributed by atoms with Gasteiger partial charge in [0.15, 0.2) is 5.78 Å². The molecule has 2 spiro atoms. The molecule has 2 saturated heterocycles. The van der Waals surface area contributed by atoms with Gasteiger partial charge in [-0.1, -0.05) is 84.9 Å². The van der Waals surface area contributed by atoms with Gasteiger partial charge in [0.2, 0.25) is 0 Å². The molecule has 6 saturated carbocycles. The molecule has 0 radical (unpaired) electrons. The molecule has 0 amide bonds. The average Bonchev–Trinajstić information content (AvgIpc) is 4.24. The van der Waals surface area contributed by atoms with Crippen molar-refractivity contribution in [3.63, 3.8) is 0 Å². The molecule has 3 aromatic rings. The Morgan fingerprint density at radius 1 is 0.857 bits per heavy atom. The van der Waals surface area contributed by atoms with Crippen molar-refractivity contribution in [2.45, 2.75) is 238 Å². The minimum atomic E-state index is -0.830. The largest absolute Gasteiger partial charge is 0.393 e.